The molecule has 4 amide bonds. The second-order valence-electron chi connectivity index (χ2n) is 10.9. The fourth-order valence-electron chi connectivity index (χ4n) is 4.18. The third kappa shape index (κ3) is 8.24. The molecule has 0 aliphatic carbocycles. The van der Waals surface area contributed by atoms with Crippen molar-refractivity contribution in [2.24, 2.45) is 11.1 Å². The van der Waals surface area contributed by atoms with Crippen molar-refractivity contribution in [1.82, 2.24) is 20.1 Å². The Balaban J connectivity index is 1.55. The van der Waals surface area contributed by atoms with Gasteiger partial charge < -0.3 is 21.3 Å². The summed E-state index contributed by atoms with van der Waals surface area (Å²) in [7, 11) is 0. The lowest BCUT2D eigenvalue weighted by Gasteiger charge is -2.34. The first-order valence-electron chi connectivity index (χ1n) is 13.1. The van der Waals surface area contributed by atoms with Crippen LogP contribution in [-0.4, -0.2) is 65.4 Å². The van der Waals surface area contributed by atoms with Crippen LogP contribution >= 0.6 is 0 Å². The van der Waals surface area contributed by atoms with E-state index in [9.17, 15) is 18.8 Å². The summed E-state index contributed by atoms with van der Waals surface area (Å²) < 4.78 is 14.6. The zero-order valence-electron chi connectivity index (χ0n) is 22.8. The molecule has 3 rings (SSSR count). The summed E-state index contributed by atoms with van der Waals surface area (Å²) in [6.45, 7) is 11.2. The monoisotopic (exact) mass is 526 g/mol. The summed E-state index contributed by atoms with van der Waals surface area (Å²) in [6.07, 6.45) is 2.75. The molecule has 4 N–H and O–H groups in total. The number of unbranched alkanes of at least 4 members (excludes halogenated alkanes) is 1. The quantitative estimate of drug-likeness (QED) is 0.459. The molecule has 1 aliphatic rings. The van der Waals surface area contributed by atoms with Gasteiger partial charge in [-0.15, -0.1) is 0 Å². The van der Waals surface area contributed by atoms with Crippen molar-refractivity contribution in [2.45, 2.75) is 53.5 Å². The fraction of sp³-hybridized carbons (Fsp3) is 0.500. The van der Waals surface area contributed by atoms with Crippen LogP contribution in [0, 0.1) is 11.2 Å². The summed E-state index contributed by atoms with van der Waals surface area (Å²) in [6, 6.07) is 7.44. The summed E-state index contributed by atoms with van der Waals surface area (Å²) in [5.74, 6) is -1.45. The van der Waals surface area contributed by atoms with Crippen molar-refractivity contribution in [3.63, 3.8) is 0 Å². The highest BCUT2D eigenvalue weighted by Crippen LogP contribution is 2.19. The number of nitrogens with zero attached hydrogens (tertiary/aromatic N) is 3. The number of carbonyl (C=O) groups is 3. The van der Waals surface area contributed by atoms with E-state index in [4.69, 9.17) is 5.73 Å². The summed E-state index contributed by atoms with van der Waals surface area (Å²) in [5.41, 5.74) is 7.67. The molecular weight excluding hydrogens is 487 g/mol. The standard InChI is InChI=1S/C28H39FN6O3/c1-5-6-7-19-8-10-21(32-24(19)25(30)36)17-34-12-14-35(15-13-34)26(37)20-9-11-23(22(29)16-20)33-27(38)31-18-28(2,3)4/h8-11,16H,5-7,12-15,17-18H2,1-4H3,(H2,30,36)(H2,31,33,38). The maximum Gasteiger partial charge on any atom is 0.319 e. The van der Waals surface area contributed by atoms with E-state index in [1.165, 1.54) is 12.1 Å². The van der Waals surface area contributed by atoms with Gasteiger partial charge in [-0.3, -0.25) is 14.5 Å². The molecule has 1 fully saturated rings. The van der Waals surface area contributed by atoms with Gasteiger partial charge in [-0.1, -0.05) is 40.2 Å². The first-order valence-corrected chi connectivity index (χ1v) is 13.1. The van der Waals surface area contributed by atoms with Gasteiger partial charge in [0.25, 0.3) is 11.8 Å². The number of amides is 4. The highest BCUT2D eigenvalue weighted by molar-refractivity contribution is 5.96. The average molecular weight is 527 g/mol. The molecule has 0 radical (unpaired) electrons. The molecule has 2 heterocycles. The minimum atomic E-state index is -0.667. The van der Waals surface area contributed by atoms with Crippen LogP contribution in [0.3, 0.4) is 0 Å². The lowest BCUT2D eigenvalue weighted by Crippen LogP contribution is -2.48. The maximum absolute atomic E-state index is 14.6. The van der Waals surface area contributed by atoms with Crippen LogP contribution in [0.4, 0.5) is 14.9 Å². The number of pyridine rings is 1. The van der Waals surface area contributed by atoms with E-state index in [0.717, 1.165) is 36.6 Å². The molecule has 10 heteroatoms. The number of halogens is 1. The number of urea groups is 1. The number of piperazine rings is 1. The van der Waals surface area contributed by atoms with Crippen LogP contribution in [0.15, 0.2) is 30.3 Å². The van der Waals surface area contributed by atoms with Gasteiger partial charge in [0.2, 0.25) is 0 Å². The topological polar surface area (TPSA) is 121 Å². The molecule has 1 aliphatic heterocycles. The Morgan fingerprint density at radius 2 is 1.79 bits per heavy atom. The zero-order valence-corrected chi connectivity index (χ0v) is 22.8. The Labute approximate surface area is 224 Å². The van der Waals surface area contributed by atoms with Gasteiger partial charge >= 0.3 is 6.03 Å². The first kappa shape index (κ1) is 29.0. The van der Waals surface area contributed by atoms with E-state index in [1.807, 2.05) is 32.9 Å². The predicted octanol–water partition coefficient (Wildman–Crippen LogP) is 3.79. The Hall–Kier alpha value is -3.53. The molecule has 1 aromatic heterocycles. The largest absolute Gasteiger partial charge is 0.364 e. The second-order valence-corrected chi connectivity index (χ2v) is 10.9. The first-order chi connectivity index (χ1) is 18.0. The minimum Gasteiger partial charge on any atom is -0.364 e. The second kappa shape index (κ2) is 12.8. The molecule has 206 valence electrons. The number of aromatic nitrogens is 1. The van der Waals surface area contributed by atoms with E-state index < -0.39 is 17.8 Å². The number of nitrogens with one attached hydrogen (secondary N) is 2. The summed E-state index contributed by atoms with van der Waals surface area (Å²) >= 11 is 0. The smallest absolute Gasteiger partial charge is 0.319 e. The number of carbonyl (C=O) groups excluding carboxylic acids is 3. The fourth-order valence-corrected chi connectivity index (χ4v) is 4.18. The molecule has 0 spiro atoms. The van der Waals surface area contributed by atoms with E-state index >= 15 is 0 Å². The number of aryl methyl sites for hydroxylation is 1. The highest BCUT2D eigenvalue weighted by Gasteiger charge is 2.24. The molecule has 38 heavy (non-hydrogen) atoms. The van der Waals surface area contributed by atoms with Gasteiger partial charge in [-0.25, -0.2) is 14.2 Å². The van der Waals surface area contributed by atoms with Crippen molar-refractivity contribution in [2.75, 3.05) is 38.0 Å². The number of anilines is 1. The van der Waals surface area contributed by atoms with E-state index in [1.54, 1.807) is 4.90 Å². The van der Waals surface area contributed by atoms with Crippen molar-refractivity contribution in [3.05, 3.63) is 58.7 Å². The molecular formula is C28H39FN6O3. The summed E-state index contributed by atoms with van der Waals surface area (Å²) in [4.78, 5) is 45.3. The molecule has 0 saturated carbocycles. The summed E-state index contributed by atoms with van der Waals surface area (Å²) in [5, 5.41) is 5.19. The molecule has 0 unspecified atom stereocenters. The zero-order chi connectivity index (χ0) is 27.9. The van der Waals surface area contributed by atoms with E-state index in [0.29, 0.717) is 45.0 Å². The Morgan fingerprint density at radius 3 is 2.39 bits per heavy atom. The number of hydrogen-bond donors (Lipinski definition) is 3. The van der Waals surface area contributed by atoms with Gasteiger partial charge in [0.1, 0.15) is 11.5 Å². The maximum atomic E-state index is 14.6. The van der Waals surface area contributed by atoms with Crippen LogP contribution in [-0.2, 0) is 13.0 Å². The van der Waals surface area contributed by atoms with Crippen LogP contribution < -0.4 is 16.4 Å². The molecule has 0 atom stereocenters. The van der Waals surface area contributed by atoms with Crippen molar-refractivity contribution < 1.29 is 18.8 Å². The number of rotatable bonds is 9. The van der Waals surface area contributed by atoms with Crippen molar-refractivity contribution >= 4 is 23.5 Å². The Bertz CT molecular complexity index is 1160. The normalized spacial score (nSPS) is 14.3. The number of nitrogens with two attached hydrogens (primary N) is 1. The van der Waals surface area contributed by atoms with Crippen LogP contribution in [0.5, 0.6) is 0 Å². The third-order valence-electron chi connectivity index (χ3n) is 6.36. The number of benzene rings is 1. The van der Waals surface area contributed by atoms with E-state index in [-0.39, 0.29) is 22.6 Å². The molecule has 0 bridgehead atoms. The lowest BCUT2D eigenvalue weighted by atomic mass is 9.97. The van der Waals surface area contributed by atoms with Crippen molar-refractivity contribution in [1.29, 1.82) is 0 Å². The highest BCUT2D eigenvalue weighted by atomic mass is 19.1. The predicted molar refractivity (Wildman–Crippen MR) is 145 cm³/mol. The van der Waals surface area contributed by atoms with Crippen molar-refractivity contribution in [3.8, 4) is 0 Å². The lowest BCUT2D eigenvalue weighted by molar-refractivity contribution is 0.0626. The molecule has 1 aromatic carbocycles. The Morgan fingerprint density at radius 1 is 1.08 bits per heavy atom. The number of primary amides is 1. The third-order valence-corrected chi connectivity index (χ3v) is 6.36. The van der Waals surface area contributed by atoms with Crippen LogP contribution in [0.2, 0.25) is 0 Å². The van der Waals surface area contributed by atoms with Crippen LogP contribution in [0.1, 0.15) is 72.6 Å². The average Bonchev–Trinajstić information content (AvgIpc) is 2.87. The van der Waals surface area contributed by atoms with Crippen LogP contribution in [0.25, 0.3) is 0 Å². The van der Waals surface area contributed by atoms with E-state index in [2.05, 4.69) is 27.4 Å². The number of hydrogen-bond acceptors (Lipinski definition) is 5. The van der Waals surface area contributed by atoms with Gasteiger partial charge in [0.15, 0.2) is 0 Å². The van der Waals surface area contributed by atoms with Gasteiger partial charge in [-0.05, 0) is 48.1 Å². The van der Waals surface area contributed by atoms with Gasteiger partial charge in [0, 0.05) is 44.8 Å². The molecule has 1 saturated heterocycles. The van der Waals surface area contributed by atoms with Gasteiger partial charge in [0.05, 0.1) is 11.4 Å². The Kier molecular flexibility index (Phi) is 9.79. The SMILES string of the molecule is CCCCc1ccc(CN2CCN(C(=O)c3ccc(NC(=O)NCC(C)(C)C)c(F)c3)CC2)nc1C(N)=O. The molecule has 9 nitrogen and oxygen atoms in total. The molecule has 2 aromatic rings. The van der Waals surface area contributed by atoms with Gasteiger partial charge in [-0.2, -0.15) is 0 Å². The minimum absolute atomic E-state index is 0.0151.